The zero-order valence-electron chi connectivity index (χ0n) is 9.50. The van der Waals surface area contributed by atoms with Crippen LogP contribution in [0, 0.1) is 11.6 Å². The minimum Gasteiger partial charge on any atom is -0.486 e. The molecule has 18 heavy (non-hydrogen) atoms. The van der Waals surface area contributed by atoms with Gasteiger partial charge >= 0.3 is 0 Å². The van der Waals surface area contributed by atoms with E-state index in [1.54, 1.807) is 18.2 Å². The lowest BCUT2D eigenvalue weighted by Gasteiger charge is -2.08. The van der Waals surface area contributed by atoms with Gasteiger partial charge in [-0.3, -0.25) is 0 Å². The highest BCUT2D eigenvalue weighted by Crippen LogP contribution is 2.20. The third kappa shape index (κ3) is 3.20. The largest absolute Gasteiger partial charge is 0.486 e. The molecule has 0 aliphatic rings. The van der Waals surface area contributed by atoms with Gasteiger partial charge in [0.15, 0.2) is 11.6 Å². The normalized spacial score (nSPS) is 10.4. The number of hydrogen-bond donors (Lipinski definition) is 0. The fourth-order valence-corrected chi connectivity index (χ4v) is 1.65. The summed E-state index contributed by atoms with van der Waals surface area (Å²) >= 11 is 5.60. The van der Waals surface area contributed by atoms with E-state index in [2.05, 4.69) is 0 Å². The number of ether oxygens (including phenoxy) is 1. The maximum absolute atomic E-state index is 13.6. The Morgan fingerprint density at radius 3 is 2.22 bits per heavy atom. The van der Waals surface area contributed by atoms with Gasteiger partial charge in [-0.1, -0.05) is 18.2 Å². The first kappa shape index (κ1) is 12.8. The van der Waals surface area contributed by atoms with Gasteiger partial charge < -0.3 is 4.74 Å². The summed E-state index contributed by atoms with van der Waals surface area (Å²) in [5.41, 5.74) is 1.47. The van der Waals surface area contributed by atoms with Crippen molar-refractivity contribution in [1.82, 2.24) is 0 Å². The van der Waals surface area contributed by atoms with E-state index in [0.29, 0.717) is 5.56 Å². The molecule has 94 valence electrons. The van der Waals surface area contributed by atoms with Crippen LogP contribution in [0.1, 0.15) is 11.1 Å². The van der Waals surface area contributed by atoms with E-state index in [-0.39, 0.29) is 24.1 Å². The Balaban J connectivity index is 2.04. The van der Waals surface area contributed by atoms with Crippen LogP contribution >= 0.6 is 11.6 Å². The molecule has 2 aromatic rings. The van der Waals surface area contributed by atoms with E-state index >= 15 is 0 Å². The molecule has 0 aromatic heterocycles. The van der Waals surface area contributed by atoms with Crippen LogP contribution in [-0.4, -0.2) is 0 Å². The van der Waals surface area contributed by atoms with Crippen LogP contribution < -0.4 is 4.74 Å². The maximum atomic E-state index is 13.6. The van der Waals surface area contributed by atoms with Gasteiger partial charge in [-0.2, -0.15) is 0 Å². The van der Waals surface area contributed by atoms with Gasteiger partial charge in [0, 0.05) is 5.88 Å². The van der Waals surface area contributed by atoms with Crippen LogP contribution in [0.15, 0.2) is 42.5 Å². The molecule has 1 nitrogen and oxygen atoms in total. The Morgan fingerprint density at radius 1 is 0.944 bits per heavy atom. The summed E-state index contributed by atoms with van der Waals surface area (Å²) in [6.45, 7) is 0.192. The maximum Gasteiger partial charge on any atom is 0.165 e. The zero-order valence-corrected chi connectivity index (χ0v) is 10.3. The average Bonchev–Trinajstić information content (AvgIpc) is 2.39. The second-order valence-corrected chi connectivity index (χ2v) is 4.08. The van der Waals surface area contributed by atoms with E-state index in [0.717, 1.165) is 5.56 Å². The monoisotopic (exact) mass is 268 g/mol. The predicted octanol–water partition coefficient (Wildman–Crippen LogP) is 4.28. The molecule has 2 aromatic carbocycles. The SMILES string of the molecule is Fc1ccc(COc2ccc(CCl)cc2F)cc1. The Bertz CT molecular complexity index is 526. The number of hydrogen-bond acceptors (Lipinski definition) is 1. The summed E-state index contributed by atoms with van der Waals surface area (Å²) in [5.74, 6) is -0.338. The molecule has 0 spiro atoms. The van der Waals surface area contributed by atoms with Crippen LogP contribution in [0.25, 0.3) is 0 Å². The molecular formula is C14H11ClF2O. The third-order valence-electron chi connectivity index (χ3n) is 2.46. The summed E-state index contributed by atoms with van der Waals surface area (Å²) in [6.07, 6.45) is 0. The van der Waals surface area contributed by atoms with Crippen molar-refractivity contribution in [3.63, 3.8) is 0 Å². The van der Waals surface area contributed by atoms with Gasteiger partial charge in [-0.15, -0.1) is 11.6 Å². The van der Waals surface area contributed by atoms with Gasteiger partial charge in [-0.25, -0.2) is 8.78 Å². The van der Waals surface area contributed by atoms with Gasteiger partial charge in [0.1, 0.15) is 12.4 Å². The second-order valence-electron chi connectivity index (χ2n) is 3.81. The topological polar surface area (TPSA) is 9.23 Å². The summed E-state index contributed by atoms with van der Waals surface area (Å²) in [7, 11) is 0. The Hall–Kier alpha value is -1.61. The lowest BCUT2D eigenvalue weighted by atomic mass is 10.2. The predicted molar refractivity (Wildman–Crippen MR) is 66.7 cm³/mol. The number of alkyl halides is 1. The third-order valence-corrected chi connectivity index (χ3v) is 2.77. The first-order valence-electron chi connectivity index (χ1n) is 5.40. The molecule has 0 unspecified atom stereocenters. The molecule has 0 fully saturated rings. The van der Waals surface area contributed by atoms with Crippen molar-refractivity contribution in [2.45, 2.75) is 12.5 Å². The molecule has 4 heteroatoms. The number of rotatable bonds is 4. The number of benzene rings is 2. The van der Waals surface area contributed by atoms with E-state index in [9.17, 15) is 8.78 Å². The van der Waals surface area contributed by atoms with E-state index in [1.807, 2.05) is 0 Å². The molecular weight excluding hydrogens is 258 g/mol. The average molecular weight is 269 g/mol. The Labute approximate surface area is 109 Å². The molecule has 2 rings (SSSR count). The highest BCUT2D eigenvalue weighted by atomic mass is 35.5. The van der Waals surface area contributed by atoms with E-state index in [4.69, 9.17) is 16.3 Å². The summed E-state index contributed by atoms with van der Waals surface area (Å²) in [4.78, 5) is 0. The molecule has 0 heterocycles. The van der Waals surface area contributed by atoms with Crippen LogP contribution in [0.5, 0.6) is 5.75 Å². The van der Waals surface area contributed by atoms with Gasteiger partial charge in [0.2, 0.25) is 0 Å². The summed E-state index contributed by atoms with van der Waals surface area (Å²) in [5, 5.41) is 0. The first-order chi connectivity index (χ1) is 8.69. The molecule has 0 amide bonds. The zero-order chi connectivity index (χ0) is 13.0. The minimum absolute atomic E-state index is 0.160. The molecule has 0 aliphatic carbocycles. The van der Waals surface area contributed by atoms with Crippen molar-refractivity contribution in [1.29, 1.82) is 0 Å². The Morgan fingerprint density at radius 2 is 1.61 bits per heavy atom. The van der Waals surface area contributed by atoms with Gasteiger partial charge in [0.05, 0.1) is 0 Å². The first-order valence-corrected chi connectivity index (χ1v) is 5.94. The Kier molecular flexibility index (Phi) is 4.15. The van der Waals surface area contributed by atoms with Crippen molar-refractivity contribution in [2.75, 3.05) is 0 Å². The van der Waals surface area contributed by atoms with Crippen molar-refractivity contribution in [2.24, 2.45) is 0 Å². The summed E-state index contributed by atoms with van der Waals surface area (Å²) in [6, 6.07) is 10.5. The molecule has 0 aliphatic heterocycles. The van der Waals surface area contributed by atoms with Crippen LogP contribution in [0.4, 0.5) is 8.78 Å². The quantitative estimate of drug-likeness (QED) is 0.752. The lowest BCUT2D eigenvalue weighted by Crippen LogP contribution is -1.98. The molecule has 0 N–H and O–H groups in total. The van der Waals surface area contributed by atoms with Gasteiger partial charge in [-0.05, 0) is 35.4 Å². The standard InChI is InChI=1S/C14H11ClF2O/c15-8-11-3-6-14(13(17)7-11)18-9-10-1-4-12(16)5-2-10/h1-7H,8-9H2. The highest BCUT2D eigenvalue weighted by molar-refractivity contribution is 6.17. The molecule has 0 saturated heterocycles. The second kappa shape index (κ2) is 5.83. The minimum atomic E-state index is -0.449. The van der Waals surface area contributed by atoms with Crippen molar-refractivity contribution >= 4 is 11.6 Å². The molecule has 0 saturated carbocycles. The molecule has 0 atom stereocenters. The number of halogens is 3. The van der Waals surface area contributed by atoms with Crippen molar-refractivity contribution in [3.8, 4) is 5.75 Å². The van der Waals surface area contributed by atoms with Gasteiger partial charge in [0.25, 0.3) is 0 Å². The molecule has 0 bridgehead atoms. The van der Waals surface area contributed by atoms with Crippen LogP contribution in [0.2, 0.25) is 0 Å². The van der Waals surface area contributed by atoms with E-state index < -0.39 is 5.82 Å². The molecule has 0 radical (unpaired) electrons. The highest BCUT2D eigenvalue weighted by Gasteiger charge is 2.05. The smallest absolute Gasteiger partial charge is 0.165 e. The fraction of sp³-hybridized carbons (Fsp3) is 0.143. The van der Waals surface area contributed by atoms with Crippen LogP contribution in [0.3, 0.4) is 0 Å². The van der Waals surface area contributed by atoms with Crippen LogP contribution in [-0.2, 0) is 12.5 Å². The fourth-order valence-electron chi connectivity index (χ4n) is 1.49. The lowest BCUT2D eigenvalue weighted by molar-refractivity contribution is 0.290. The summed E-state index contributed by atoms with van der Waals surface area (Å²) < 4.78 is 31.6. The van der Waals surface area contributed by atoms with E-state index in [1.165, 1.54) is 24.3 Å². The van der Waals surface area contributed by atoms with Crippen molar-refractivity contribution < 1.29 is 13.5 Å². The van der Waals surface area contributed by atoms with Crippen molar-refractivity contribution in [3.05, 3.63) is 65.2 Å².